The second-order valence-corrected chi connectivity index (χ2v) is 13.1. The smallest absolute Gasteiger partial charge is 0.407 e. The summed E-state index contributed by atoms with van der Waals surface area (Å²) in [5, 5.41) is 16.9. The van der Waals surface area contributed by atoms with Crippen molar-refractivity contribution in [2.45, 2.75) is 55.7 Å². The van der Waals surface area contributed by atoms with Crippen LogP contribution < -0.4 is 15.4 Å². The third-order valence-corrected chi connectivity index (χ3v) is 9.39. The minimum atomic E-state index is -4.00. The summed E-state index contributed by atoms with van der Waals surface area (Å²) in [6.07, 6.45) is -3.96. The zero-order valence-corrected chi connectivity index (χ0v) is 26.1. The van der Waals surface area contributed by atoms with Gasteiger partial charge in [0.05, 0.1) is 56.4 Å². The number of rotatable bonds is 13. The van der Waals surface area contributed by atoms with Crippen LogP contribution in [0.5, 0.6) is 5.75 Å². The first-order valence-electron chi connectivity index (χ1n) is 14.4. The van der Waals surface area contributed by atoms with E-state index < -0.39 is 58.7 Å². The molecule has 0 unspecified atom stereocenters. The number of benzene rings is 2. The molecule has 2 aromatic rings. The predicted octanol–water partition coefficient (Wildman–Crippen LogP) is 2.14. The summed E-state index contributed by atoms with van der Waals surface area (Å²) < 4.78 is 55.3. The Kier molecular flexibility index (Phi) is 11.4. The highest BCUT2D eigenvalue weighted by Gasteiger charge is 2.50. The molecule has 0 spiro atoms. The Morgan fingerprint density at radius 1 is 1.00 bits per heavy atom. The number of methoxy groups -OCH3 is 2. The highest BCUT2D eigenvalue weighted by molar-refractivity contribution is 7.89. The van der Waals surface area contributed by atoms with E-state index in [4.69, 9.17) is 18.9 Å². The number of nitrogens with zero attached hydrogens (tertiary/aromatic N) is 1. The molecule has 0 aliphatic carbocycles. The number of carbonyl (C=O) groups is 2. The number of nitrogens with one attached hydrogen (secondary N) is 2. The van der Waals surface area contributed by atoms with E-state index >= 15 is 0 Å². The quantitative estimate of drug-likeness (QED) is 0.297. The molecule has 13 nitrogen and oxygen atoms in total. The summed E-state index contributed by atoms with van der Waals surface area (Å²) >= 11 is 0. The molecule has 0 saturated carbocycles. The Balaban J connectivity index is 1.50. The zero-order chi connectivity index (χ0) is 31.9. The molecule has 2 aromatic carbocycles. The topological polar surface area (TPSA) is 162 Å². The van der Waals surface area contributed by atoms with E-state index in [-0.39, 0.29) is 43.5 Å². The molecule has 44 heavy (non-hydrogen) atoms. The number of hydrogen-bond acceptors (Lipinski definition) is 10. The monoisotopic (exact) mass is 635 g/mol. The third-order valence-electron chi connectivity index (χ3n) is 7.54. The molecule has 0 radical (unpaired) electrons. The Hall–Kier alpha value is -3.43. The van der Waals surface area contributed by atoms with Gasteiger partial charge in [-0.25, -0.2) is 18.0 Å². The van der Waals surface area contributed by atoms with Crippen LogP contribution in [-0.4, -0.2) is 101 Å². The molecule has 0 aromatic heterocycles. The van der Waals surface area contributed by atoms with Gasteiger partial charge >= 0.3 is 12.2 Å². The number of sulfonamides is 1. The van der Waals surface area contributed by atoms with E-state index in [1.54, 1.807) is 12.1 Å². The van der Waals surface area contributed by atoms with Gasteiger partial charge in [-0.15, -0.1) is 0 Å². The van der Waals surface area contributed by atoms with Crippen molar-refractivity contribution in [3.05, 3.63) is 60.2 Å². The lowest BCUT2D eigenvalue weighted by atomic mass is 9.98. The van der Waals surface area contributed by atoms with Gasteiger partial charge < -0.3 is 39.4 Å². The second-order valence-electron chi connectivity index (χ2n) is 11.2. The first-order valence-corrected chi connectivity index (χ1v) is 15.9. The highest BCUT2D eigenvalue weighted by Crippen LogP contribution is 2.33. The second kappa shape index (κ2) is 15.0. The van der Waals surface area contributed by atoms with Crippen LogP contribution in [0.1, 0.15) is 19.4 Å². The van der Waals surface area contributed by atoms with Crippen molar-refractivity contribution in [3.8, 4) is 5.75 Å². The molecule has 3 N–H and O–H groups in total. The predicted molar refractivity (Wildman–Crippen MR) is 158 cm³/mol. The van der Waals surface area contributed by atoms with Crippen LogP contribution in [-0.2, 0) is 35.4 Å². The molecular formula is C30H41N3O10S. The van der Waals surface area contributed by atoms with Crippen molar-refractivity contribution < 1.29 is 46.8 Å². The minimum absolute atomic E-state index is 0.0452. The van der Waals surface area contributed by atoms with Gasteiger partial charge in [0.15, 0.2) is 6.29 Å². The Morgan fingerprint density at radius 2 is 1.68 bits per heavy atom. The Labute approximate surface area is 257 Å². The molecule has 14 heteroatoms. The molecule has 6 atom stereocenters. The summed E-state index contributed by atoms with van der Waals surface area (Å²) in [6.45, 7) is 3.84. The zero-order valence-electron chi connectivity index (χ0n) is 25.3. The van der Waals surface area contributed by atoms with Crippen LogP contribution in [0.3, 0.4) is 0 Å². The largest absolute Gasteiger partial charge is 0.497 e. The van der Waals surface area contributed by atoms with E-state index in [9.17, 15) is 23.1 Å². The van der Waals surface area contributed by atoms with E-state index in [0.717, 1.165) is 5.56 Å². The SMILES string of the molecule is COC(=O)N[C@H]1CO[C@@H]2OC[C@H](OC(=O)N[C@@H](Cc3ccccc3)[C@H](O)CN(CC(C)C)S(=O)(=O)c3ccc(OC)cc3)[C@@H]21. The molecular weight excluding hydrogens is 594 g/mol. The average molecular weight is 636 g/mol. The first kappa shape index (κ1) is 33.5. The molecule has 2 heterocycles. The maximum Gasteiger partial charge on any atom is 0.407 e. The van der Waals surface area contributed by atoms with Gasteiger partial charge in [0, 0.05) is 13.1 Å². The Morgan fingerprint density at radius 3 is 2.32 bits per heavy atom. The van der Waals surface area contributed by atoms with Gasteiger partial charge in [-0.3, -0.25) is 0 Å². The number of fused-ring (bicyclic) bond motifs is 1. The van der Waals surface area contributed by atoms with Crippen LogP contribution in [0, 0.1) is 11.8 Å². The first-order chi connectivity index (χ1) is 21.0. The maximum absolute atomic E-state index is 13.7. The van der Waals surface area contributed by atoms with Gasteiger partial charge in [0.25, 0.3) is 0 Å². The van der Waals surface area contributed by atoms with Crippen LogP contribution in [0.25, 0.3) is 0 Å². The van der Waals surface area contributed by atoms with Gasteiger partial charge in [-0.2, -0.15) is 4.31 Å². The molecule has 2 aliphatic heterocycles. The number of amides is 2. The van der Waals surface area contributed by atoms with Crippen molar-refractivity contribution >= 4 is 22.2 Å². The van der Waals surface area contributed by atoms with Crippen LogP contribution in [0.15, 0.2) is 59.5 Å². The molecule has 242 valence electrons. The number of hydrogen-bond donors (Lipinski definition) is 3. The van der Waals surface area contributed by atoms with Crippen molar-refractivity contribution in [2.75, 3.05) is 40.5 Å². The summed E-state index contributed by atoms with van der Waals surface area (Å²) in [5.74, 6) is 0.00492. The Bertz CT molecular complexity index is 1340. The minimum Gasteiger partial charge on any atom is -0.497 e. The van der Waals surface area contributed by atoms with Gasteiger partial charge in [-0.1, -0.05) is 44.2 Å². The number of alkyl carbamates (subject to hydrolysis) is 2. The van der Waals surface area contributed by atoms with E-state index in [1.165, 1.54) is 30.7 Å². The van der Waals surface area contributed by atoms with Gasteiger partial charge in [-0.05, 0) is 42.2 Å². The fourth-order valence-corrected chi connectivity index (χ4v) is 6.97. The number of aliphatic hydroxyl groups excluding tert-OH is 1. The number of ether oxygens (including phenoxy) is 5. The summed E-state index contributed by atoms with van der Waals surface area (Å²) in [6, 6.07) is 13.8. The van der Waals surface area contributed by atoms with Crippen molar-refractivity contribution in [1.29, 1.82) is 0 Å². The number of carbonyl (C=O) groups excluding carboxylic acids is 2. The average Bonchev–Trinajstić information content (AvgIpc) is 3.59. The lowest BCUT2D eigenvalue weighted by Crippen LogP contribution is -2.52. The lowest BCUT2D eigenvalue weighted by molar-refractivity contribution is -0.0908. The van der Waals surface area contributed by atoms with E-state index in [2.05, 4.69) is 15.4 Å². The van der Waals surface area contributed by atoms with E-state index in [1.807, 2.05) is 44.2 Å². The van der Waals surface area contributed by atoms with Gasteiger partial charge in [0.1, 0.15) is 11.9 Å². The fraction of sp³-hybridized carbons (Fsp3) is 0.533. The third kappa shape index (κ3) is 8.39. The van der Waals surface area contributed by atoms with Crippen LogP contribution in [0.4, 0.5) is 9.59 Å². The van der Waals surface area contributed by atoms with Crippen molar-refractivity contribution in [1.82, 2.24) is 14.9 Å². The molecule has 4 rings (SSSR count). The summed E-state index contributed by atoms with van der Waals surface area (Å²) in [4.78, 5) is 25.1. The molecule has 2 amide bonds. The lowest BCUT2D eigenvalue weighted by Gasteiger charge is -2.31. The molecule has 2 aliphatic rings. The van der Waals surface area contributed by atoms with Crippen LogP contribution in [0.2, 0.25) is 0 Å². The van der Waals surface area contributed by atoms with Crippen LogP contribution >= 0.6 is 0 Å². The summed E-state index contributed by atoms with van der Waals surface area (Å²) in [5.41, 5.74) is 0.820. The summed E-state index contributed by atoms with van der Waals surface area (Å²) in [7, 11) is -1.26. The molecule has 0 bridgehead atoms. The fourth-order valence-electron chi connectivity index (χ4n) is 5.35. The van der Waals surface area contributed by atoms with E-state index in [0.29, 0.717) is 5.75 Å². The normalized spacial score (nSPS) is 22.7. The standard InChI is InChI=1S/C30H41N3O10S/c1-19(2)15-33(44(37,38)22-12-10-21(39-3)11-13-22)16-25(34)23(14-20-8-6-5-7-9-20)31-30(36)43-26-18-42-28-27(26)24(17-41-28)32-29(35)40-4/h5-13,19,23-28,34H,14-18H2,1-4H3,(H,31,36)(H,32,35)/t23-,24-,25+,26-,27-,28+/m0/s1. The molecule has 2 saturated heterocycles. The molecule has 2 fully saturated rings. The van der Waals surface area contributed by atoms with Crippen molar-refractivity contribution in [3.63, 3.8) is 0 Å². The van der Waals surface area contributed by atoms with Gasteiger partial charge in [0.2, 0.25) is 10.0 Å². The highest BCUT2D eigenvalue weighted by atomic mass is 32.2. The number of aliphatic hydroxyl groups is 1. The van der Waals surface area contributed by atoms with Crippen molar-refractivity contribution in [2.24, 2.45) is 11.8 Å². The maximum atomic E-state index is 13.7.